The van der Waals surface area contributed by atoms with E-state index in [0.717, 1.165) is 5.56 Å². The molecule has 1 aromatic rings. The van der Waals surface area contributed by atoms with Crippen LogP contribution in [0.5, 0.6) is 0 Å². The number of terminal acetylenes is 1. The quantitative estimate of drug-likeness (QED) is 0.524. The second-order valence-electron chi connectivity index (χ2n) is 2.63. The maximum atomic E-state index is 11.2. The van der Waals surface area contributed by atoms with Gasteiger partial charge in [-0.1, -0.05) is 30.7 Å². The molecule has 0 aliphatic rings. The van der Waals surface area contributed by atoms with Gasteiger partial charge in [-0.25, -0.2) is 4.79 Å². The highest BCUT2D eigenvalue weighted by atomic mass is 16.5. The lowest BCUT2D eigenvalue weighted by atomic mass is 10.1. The molecular formula is C12H10O2. The van der Waals surface area contributed by atoms with Gasteiger partial charge in [-0.2, -0.15) is 0 Å². The van der Waals surface area contributed by atoms with Crippen LogP contribution in [0.4, 0.5) is 0 Å². The molecule has 0 N–H and O–H groups in total. The summed E-state index contributed by atoms with van der Waals surface area (Å²) in [5.74, 6) is -0.501. The first-order valence-electron chi connectivity index (χ1n) is 4.17. The first-order chi connectivity index (χ1) is 6.77. The summed E-state index contributed by atoms with van der Waals surface area (Å²) in [6.45, 7) is 1.91. The molecule has 70 valence electrons. The largest absolute Gasteiger partial charge is 0.369 e. The van der Waals surface area contributed by atoms with Gasteiger partial charge < -0.3 is 4.74 Å². The van der Waals surface area contributed by atoms with E-state index in [0.29, 0.717) is 5.56 Å². The standard InChI is InChI=1S/C12H10O2/c1-3-6-10-7-5-8-11(9-10)12(13)14-4-2/h2-3,5-9H,1H3/b6-3+. The summed E-state index contributed by atoms with van der Waals surface area (Å²) in [4.78, 5) is 11.2. The van der Waals surface area contributed by atoms with Crippen molar-refractivity contribution in [3.05, 3.63) is 41.5 Å². The number of carbonyl (C=O) groups is 1. The number of allylic oxidation sites excluding steroid dienone is 1. The Morgan fingerprint density at radius 3 is 3.00 bits per heavy atom. The number of benzene rings is 1. The fraction of sp³-hybridized carbons (Fsp3) is 0.0833. The smallest absolute Gasteiger partial charge is 0.352 e. The van der Waals surface area contributed by atoms with Crippen LogP contribution in [0, 0.1) is 12.5 Å². The molecule has 0 atom stereocenters. The van der Waals surface area contributed by atoms with Crippen molar-refractivity contribution in [2.45, 2.75) is 6.92 Å². The molecule has 1 rings (SSSR count). The minimum Gasteiger partial charge on any atom is -0.369 e. The van der Waals surface area contributed by atoms with Crippen LogP contribution in [-0.2, 0) is 4.74 Å². The summed E-state index contributed by atoms with van der Waals surface area (Å²) in [6, 6.07) is 7.06. The third-order valence-electron chi connectivity index (χ3n) is 1.63. The number of rotatable bonds is 2. The number of carbonyl (C=O) groups excluding carboxylic acids is 1. The highest BCUT2D eigenvalue weighted by Crippen LogP contribution is 2.08. The van der Waals surface area contributed by atoms with Crippen molar-refractivity contribution < 1.29 is 9.53 Å². The molecule has 0 amide bonds. The first-order valence-corrected chi connectivity index (χ1v) is 4.17. The molecule has 0 aliphatic heterocycles. The van der Waals surface area contributed by atoms with E-state index in [1.165, 1.54) is 0 Å². The van der Waals surface area contributed by atoms with Crippen molar-refractivity contribution in [2.75, 3.05) is 0 Å². The Labute approximate surface area is 83.2 Å². The van der Waals surface area contributed by atoms with Gasteiger partial charge >= 0.3 is 5.97 Å². The summed E-state index contributed by atoms with van der Waals surface area (Å²) in [7, 11) is 0. The molecule has 0 saturated carbocycles. The summed E-state index contributed by atoms with van der Waals surface area (Å²) >= 11 is 0. The van der Waals surface area contributed by atoms with Crippen LogP contribution >= 0.6 is 0 Å². The maximum absolute atomic E-state index is 11.2. The predicted octanol–water partition coefficient (Wildman–Crippen LogP) is 2.47. The van der Waals surface area contributed by atoms with Gasteiger partial charge in [0.05, 0.1) is 5.56 Å². The molecule has 2 heteroatoms. The Balaban J connectivity index is 2.94. The number of hydrogen-bond acceptors (Lipinski definition) is 2. The summed E-state index contributed by atoms with van der Waals surface area (Å²) in [6.07, 6.45) is 10.5. The fourth-order valence-electron chi connectivity index (χ4n) is 1.07. The molecule has 2 nitrogen and oxygen atoms in total. The van der Waals surface area contributed by atoms with Crippen molar-refractivity contribution in [3.63, 3.8) is 0 Å². The van der Waals surface area contributed by atoms with Crippen LogP contribution in [0.2, 0.25) is 0 Å². The van der Waals surface area contributed by atoms with Gasteiger partial charge in [0, 0.05) is 0 Å². The molecule has 0 saturated heterocycles. The lowest BCUT2D eigenvalue weighted by Gasteiger charge is -1.98. The van der Waals surface area contributed by atoms with E-state index >= 15 is 0 Å². The molecule has 0 unspecified atom stereocenters. The van der Waals surface area contributed by atoms with Crippen molar-refractivity contribution in [2.24, 2.45) is 0 Å². The van der Waals surface area contributed by atoms with Crippen molar-refractivity contribution >= 4 is 12.0 Å². The molecule has 0 aromatic heterocycles. The average Bonchev–Trinajstić information content (AvgIpc) is 2.19. The Hall–Kier alpha value is -2.01. The zero-order chi connectivity index (χ0) is 10.4. The van der Waals surface area contributed by atoms with E-state index in [-0.39, 0.29) is 0 Å². The summed E-state index contributed by atoms with van der Waals surface area (Å²) < 4.78 is 4.43. The molecule has 0 fully saturated rings. The van der Waals surface area contributed by atoms with E-state index in [9.17, 15) is 4.79 Å². The third kappa shape index (κ3) is 2.49. The van der Waals surface area contributed by atoms with Gasteiger partial charge in [-0.15, -0.1) is 0 Å². The fourth-order valence-corrected chi connectivity index (χ4v) is 1.07. The van der Waals surface area contributed by atoms with E-state index in [1.807, 2.05) is 31.2 Å². The third-order valence-corrected chi connectivity index (χ3v) is 1.63. The summed E-state index contributed by atoms with van der Waals surface area (Å²) in [5.41, 5.74) is 1.40. The lowest BCUT2D eigenvalue weighted by molar-refractivity contribution is 0.0691. The monoisotopic (exact) mass is 186 g/mol. The Morgan fingerprint density at radius 2 is 2.36 bits per heavy atom. The van der Waals surface area contributed by atoms with Crippen LogP contribution in [-0.4, -0.2) is 5.97 Å². The van der Waals surface area contributed by atoms with Crippen molar-refractivity contribution in [1.82, 2.24) is 0 Å². The number of ether oxygens (including phenoxy) is 1. The zero-order valence-corrected chi connectivity index (χ0v) is 7.86. The molecule has 0 aliphatic carbocycles. The van der Waals surface area contributed by atoms with E-state index in [2.05, 4.69) is 4.74 Å². The number of esters is 1. The van der Waals surface area contributed by atoms with E-state index in [4.69, 9.17) is 6.42 Å². The van der Waals surface area contributed by atoms with E-state index in [1.54, 1.807) is 18.2 Å². The Kier molecular flexibility index (Phi) is 3.51. The van der Waals surface area contributed by atoms with Crippen LogP contribution in [0.1, 0.15) is 22.8 Å². The number of hydrogen-bond donors (Lipinski definition) is 0. The van der Waals surface area contributed by atoms with Gasteiger partial charge in [-0.05, 0) is 24.6 Å². The SMILES string of the molecule is C#COC(=O)c1cccc(/C=C/C)c1. The van der Waals surface area contributed by atoms with Crippen LogP contribution in [0.15, 0.2) is 30.3 Å². The molecule has 0 bridgehead atoms. The molecule has 14 heavy (non-hydrogen) atoms. The zero-order valence-electron chi connectivity index (χ0n) is 7.86. The topological polar surface area (TPSA) is 26.3 Å². The van der Waals surface area contributed by atoms with Crippen molar-refractivity contribution in [1.29, 1.82) is 0 Å². The second kappa shape index (κ2) is 4.88. The van der Waals surface area contributed by atoms with Crippen LogP contribution in [0.3, 0.4) is 0 Å². The predicted molar refractivity (Wildman–Crippen MR) is 55.4 cm³/mol. The lowest BCUT2D eigenvalue weighted by Crippen LogP contribution is -2.00. The van der Waals surface area contributed by atoms with Crippen LogP contribution < -0.4 is 0 Å². The second-order valence-corrected chi connectivity index (χ2v) is 2.63. The molecular weight excluding hydrogens is 176 g/mol. The molecule has 1 aromatic carbocycles. The minimum atomic E-state index is -0.501. The molecule has 0 spiro atoms. The summed E-state index contributed by atoms with van der Waals surface area (Å²) in [5, 5.41) is 0. The van der Waals surface area contributed by atoms with Crippen molar-refractivity contribution in [3.8, 4) is 12.5 Å². The normalized spacial score (nSPS) is 9.71. The van der Waals surface area contributed by atoms with Gasteiger partial charge in [0.25, 0.3) is 0 Å². The van der Waals surface area contributed by atoms with Crippen LogP contribution in [0.25, 0.3) is 6.08 Å². The molecule has 0 radical (unpaired) electrons. The first kappa shape index (κ1) is 10.1. The van der Waals surface area contributed by atoms with E-state index < -0.39 is 5.97 Å². The maximum Gasteiger partial charge on any atom is 0.352 e. The molecule has 0 heterocycles. The highest BCUT2D eigenvalue weighted by molar-refractivity contribution is 5.90. The highest BCUT2D eigenvalue weighted by Gasteiger charge is 2.05. The van der Waals surface area contributed by atoms with Gasteiger partial charge in [0.1, 0.15) is 6.11 Å². The Morgan fingerprint density at radius 1 is 1.57 bits per heavy atom. The average molecular weight is 186 g/mol. The Bertz CT molecular complexity index is 397. The van der Waals surface area contributed by atoms with Gasteiger partial charge in [0.2, 0.25) is 0 Å². The minimum absolute atomic E-state index is 0.457. The van der Waals surface area contributed by atoms with Gasteiger partial charge in [0.15, 0.2) is 0 Å². The van der Waals surface area contributed by atoms with Gasteiger partial charge in [-0.3, -0.25) is 0 Å².